The second-order valence-electron chi connectivity index (χ2n) is 5.58. The van der Waals surface area contributed by atoms with Gasteiger partial charge in [0, 0.05) is 48.3 Å². The van der Waals surface area contributed by atoms with Crippen LogP contribution in [0, 0.1) is 0 Å². The molecule has 1 aliphatic rings. The van der Waals surface area contributed by atoms with E-state index in [9.17, 15) is 0 Å². The van der Waals surface area contributed by atoms with E-state index < -0.39 is 0 Å². The fourth-order valence-electron chi connectivity index (χ4n) is 2.87. The number of aromatic amines is 1. The van der Waals surface area contributed by atoms with Crippen molar-refractivity contribution in [2.75, 3.05) is 40.1 Å². The van der Waals surface area contributed by atoms with Gasteiger partial charge in [-0.15, -0.1) is 11.8 Å². The number of methoxy groups -OCH3 is 2. The van der Waals surface area contributed by atoms with Crippen LogP contribution in [0.25, 0.3) is 10.9 Å². The van der Waals surface area contributed by atoms with Gasteiger partial charge in [0.05, 0.1) is 32.1 Å². The van der Waals surface area contributed by atoms with Gasteiger partial charge in [-0.1, -0.05) is 0 Å². The average molecular weight is 333 g/mol. The quantitative estimate of drug-likeness (QED) is 0.650. The Kier molecular flexibility index (Phi) is 5.00. The van der Waals surface area contributed by atoms with E-state index in [4.69, 9.17) is 14.5 Å². The van der Waals surface area contributed by atoms with E-state index in [0.717, 1.165) is 42.3 Å². The summed E-state index contributed by atoms with van der Waals surface area (Å²) >= 11 is 1.82. The normalized spacial score (nSPS) is 16.5. The van der Waals surface area contributed by atoms with Crippen LogP contribution in [0.1, 0.15) is 12.8 Å². The fraction of sp³-hybridized carbons (Fsp3) is 0.471. The Labute approximate surface area is 141 Å². The van der Waals surface area contributed by atoms with Gasteiger partial charge in [0.1, 0.15) is 0 Å². The summed E-state index contributed by atoms with van der Waals surface area (Å²) in [6.45, 7) is 1.99. The van der Waals surface area contributed by atoms with E-state index in [1.807, 2.05) is 30.1 Å². The van der Waals surface area contributed by atoms with Gasteiger partial charge < -0.3 is 19.4 Å². The first-order chi connectivity index (χ1) is 11.2. The number of hydrogen-bond donors (Lipinski definition) is 1. The molecular formula is C17H23N3O2S. The second kappa shape index (κ2) is 7.17. The van der Waals surface area contributed by atoms with E-state index in [-0.39, 0.29) is 0 Å². The number of ether oxygens (including phenoxy) is 2. The van der Waals surface area contributed by atoms with Crippen molar-refractivity contribution >= 4 is 28.5 Å². The minimum Gasteiger partial charge on any atom is -0.493 e. The van der Waals surface area contributed by atoms with Crippen molar-refractivity contribution in [2.24, 2.45) is 4.99 Å². The van der Waals surface area contributed by atoms with E-state index in [2.05, 4.69) is 16.9 Å². The SMILES string of the molecule is COc1cc2[nH]cc(SCCN=C3CCCN3C)c2cc1OC. The Hall–Kier alpha value is -1.82. The summed E-state index contributed by atoms with van der Waals surface area (Å²) in [5.74, 6) is 3.72. The van der Waals surface area contributed by atoms with Crippen LogP contribution in [0.5, 0.6) is 11.5 Å². The molecule has 1 fully saturated rings. The third kappa shape index (κ3) is 3.42. The Morgan fingerprint density at radius 1 is 1.26 bits per heavy atom. The van der Waals surface area contributed by atoms with E-state index in [1.54, 1.807) is 14.2 Å². The molecule has 1 saturated heterocycles. The number of amidine groups is 1. The zero-order valence-corrected chi connectivity index (χ0v) is 14.7. The maximum atomic E-state index is 5.40. The lowest BCUT2D eigenvalue weighted by Gasteiger charge is -2.10. The van der Waals surface area contributed by atoms with Crippen LogP contribution in [0.15, 0.2) is 28.2 Å². The molecule has 1 aromatic heterocycles. The summed E-state index contributed by atoms with van der Waals surface area (Å²) < 4.78 is 10.7. The van der Waals surface area contributed by atoms with Crippen LogP contribution in [-0.2, 0) is 0 Å². The monoisotopic (exact) mass is 333 g/mol. The highest BCUT2D eigenvalue weighted by atomic mass is 32.2. The van der Waals surface area contributed by atoms with Gasteiger partial charge >= 0.3 is 0 Å². The smallest absolute Gasteiger partial charge is 0.162 e. The first-order valence-corrected chi connectivity index (χ1v) is 8.82. The third-order valence-electron chi connectivity index (χ3n) is 4.13. The highest BCUT2D eigenvalue weighted by Crippen LogP contribution is 2.36. The molecule has 1 N–H and O–H groups in total. The average Bonchev–Trinajstić information content (AvgIpc) is 3.16. The van der Waals surface area contributed by atoms with Gasteiger partial charge in [0.25, 0.3) is 0 Å². The first kappa shape index (κ1) is 16.1. The number of aromatic nitrogens is 1. The molecule has 0 aliphatic carbocycles. The Balaban J connectivity index is 1.68. The van der Waals surface area contributed by atoms with Gasteiger partial charge in [0.2, 0.25) is 0 Å². The lowest BCUT2D eigenvalue weighted by atomic mass is 10.2. The molecule has 0 unspecified atom stereocenters. The number of likely N-dealkylation sites (tertiary alicyclic amines) is 1. The minimum atomic E-state index is 0.745. The van der Waals surface area contributed by atoms with Gasteiger partial charge in [0.15, 0.2) is 11.5 Å². The number of H-pyrrole nitrogens is 1. The Bertz CT molecular complexity index is 711. The summed E-state index contributed by atoms with van der Waals surface area (Å²) in [7, 11) is 5.44. The van der Waals surface area contributed by atoms with Crippen molar-refractivity contribution in [1.29, 1.82) is 0 Å². The van der Waals surface area contributed by atoms with Crippen molar-refractivity contribution in [3.05, 3.63) is 18.3 Å². The van der Waals surface area contributed by atoms with Gasteiger partial charge in [-0.25, -0.2) is 0 Å². The van der Waals surface area contributed by atoms with Crippen LogP contribution in [0.3, 0.4) is 0 Å². The molecule has 124 valence electrons. The molecule has 0 bridgehead atoms. The largest absolute Gasteiger partial charge is 0.493 e. The molecule has 0 amide bonds. The van der Waals surface area contributed by atoms with Crippen LogP contribution in [0.2, 0.25) is 0 Å². The first-order valence-electron chi connectivity index (χ1n) is 7.83. The predicted molar refractivity (Wildman–Crippen MR) is 96.3 cm³/mol. The molecule has 0 radical (unpaired) electrons. The molecule has 3 rings (SSSR count). The number of rotatable bonds is 6. The molecule has 1 aromatic carbocycles. The second-order valence-corrected chi connectivity index (χ2v) is 6.71. The molecule has 5 nitrogen and oxygen atoms in total. The van der Waals surface area contributed by atoms with E-state index in [0.29, 0.717) is 0 Å². The molecular weight excluding hydrogens is 310 g/mol. The predicted octanol–water partition coefficient (Wildman–Crippen LogP) is 3.40. The Morgan fingerprint density at radius 3 is 2.74 bits per heavy atom. The topological polar surface area (TPSA) is 49.8 Å². The standard InChI is InChI=1S/C17H23N3O2S/c1-20-7-4-5-17(20)18-6-8-23-16-11-19-13-10-15(22-3)14(21-2)9-12(13)16/h9-11,19H,4-8H2,1-3H3. The summed E-state index contributed by atoms with van der Waals surface area (Å²) in [6.07, 6.45) is 4.39. The van der Waals surface area contributed by atoms with Crippen LogP contribution in [0.4, 0.5) is 0 Å². The maximum absolute atomic E-state index is 5.40. The van der Waals surface area contributed by atoms with Crippen molar-refractivity contribution in [1.82, 2.24) is 9.88 Å². The lowest BCUT2D eigenvalue weighted by molar-refractivity contribution is 0.356. The van der Waals surface area contributed by atoms with Crippen molar-refractivity contribution in [3.63, 3.8) is 0 Å². The third-order valence-corrected chi connectivity index (χ3v) is 5.16. The molecule has 23 heavy (non-hydrogen) atoms. The number of hydrogen-bond acceptors (Lipinski definition) is 4. The molecule has 6 heteroatoms. The summed E-state index contributed by atoms with van der Waals surface area (Å²) in [5.41, 5.74) is 1.06. The number of aliphatic imine (C=N–C) groups is 1. The van der Waals surface area contributed by atoms with Crippen LogP contribution >= 0.6 is 11.8 Å². The van der Waals surface area contributed by atoms with Gasteiger partial charge in [-0.3, -0.25) is 4.99 Å². The zero-order valence-electron chi connectivity index (χ0n) is 13.9. The van der Waals surface area contributed by atoms with Gasteiger partial charge in [-0.05, 0) is 12.5 Å². The maximum Gasteiger partial charge on any atom is 0.162 e. The molecule has 2 aromatic rings. The minimum absolute atomic E-state index is 0.745. The molecule has 0 saturated carbocycles. The molecule has 0 spiro atoms. The van der Waals surface area contributed by atoms with Crippen molar-refractivity contribution in [2.45, 2.75) is 17.7 Å². The summed E-state index contributed by atoms with van der Waals surface area (Å²) in [4.78, 5) is 11.5. The Morgan fingerprint density at radius 2 is 2.04 bits per heavy atom. The van der Waals surface area contributed by atoms with Crippen LogP contribution in [-0.4, -0.2) is 55.8 Å². The molecule has 0 atom stereocenters. The highest BCUT2D eigenvalue weighted by molar-refractivity contribution is 7.99. The highest BCUT2D eigenvalue weighted by Gasteiger charge is 2.13. The summed E-state index contributed by atoms with van der Waals surface area (Å²) in [6, 6.07) is 4.01. The fourth-order valence-corrected chi connectivity index (χ4v) is 3.74. The lowest BCUT2D eigenvalue weighted by Crippen LogP contribution is -2.19. The number of benzene rings is 1. The molecule has 2 heterocycles. The van der Waals surface area contributed by atoms with Gasteiger partial charge in [-0.2, -0.15) is 0 Å². The van der Waals surface area contributed by atoms with Crippen molar-refractivity contribution in [3.8, 4) is 11.5 Å². The number of nitrogens with zero attached hydrogens (tertiary/aromatic N) is 2. The van der Waals surface area contributed by atoms with E-state index in [1.165, 1.54) is 22.5 Å². The number of fused-ring (bicyclic) bond motifs is 1. The van der Waals surface area contributed by atoms with Crippen LogP contribution < -0.4 is 9.47 Å². The number of thioether (sulfide) groups is 1. The number of nitrogens with one attached hydrogen (secondary N) is 1. The van der Waals surface area contributed by atoms with E-state index >= 15 is 0 Å². The zero-order chi connectivity index (χ0) is 16.2. The molecule has 1 aliphatic heterocycles. The van der Waals surface area contributed by atoms with Crippen molar-refractivity contribution < 1.29 is 9.47 Å². The summed E-state index contributed by atoms with van der Waals surface area (Å²) in [5, 5.41) is 1.17.